The molecule has 0 aliphatic heterocycles. The Morgan fingerprint density at radius 2 is 1.84 bits per heavy atom. The highest BCUT2D eigenvalue weighted by Crippen LogP contribution is 2.31. The molecule has 0 unspecified atom stereocenters. The van der Waals surface area contributed by atoms with Crippen molar-refractivity contribution in [3.63, 3.8) is 0 Å². The molecule has 0 aromatic rings. The van der Waals surface area contributed by atoms with Gasteiger partial charge >= 0.3 is 0 Å². The Balaban J connectivity index is 1.62. The number of aliphatic hydroxyl groups is 1. The molecule has 2 saturated carbocycles. The fourth-order valence-corrected chi connectivity index (χ4v) is 3.17. The van der Waals surface area contributed by atoms with Crippen molar-refractivity contribution in [1.82, 2.24) is 10.6 Å². The van der Waals surface area contributed by atoms with Gasteiger partial charge in [0.15, 0.2) is 0 Å². The van der Waals surface area contributed by atoms with Gasteiger partial charge in [-0.25, -0.2) is 0 Å². The number of carbonyl (C=O) groups is 1. The summed E-state index contributed by atoms with van der Waals surface area (Å²) < 4.78 is 0. The topological polar surface area (TPSA) is 61.4 Å². The van der Waals surface area contributed by atoms with E-state index >= 15 is 0 Å². The van der Waals surface area contributed by atoms with Crippen molar-refractivity contribution >= 4 is 5.91 Å². The van der Waals surface area contributed by atoms with Crippen molar-refractivity contribution in [2.45, 2.75) is 69.9 Å². The Morgan fingerprint density at radius 1 is 1.21 bits per heavy atom. The van der Waals surface area contributed by atoms with Gasteiger partial charge in [0, 0.05) is 12.6 Å². The van der Waals surface area contributed by atoms with Crippen molar-refractivity contribution in [1.29, 1.82) is 0 Å². The predicted octanol–water partition coefficient (Wildman–Crippen LogP) is 1.58. The minimum absolute atomic E-state index is 0.0129. The van der Waals surface area contributed by atoms with Crippen molar-refractivity contribution in [3.05, 3.63) is 0 Å². The van der Waals surface area contributed by atoms with E-state index < -0.39 is 5.60 Å². The molecule has 1 amide bonds. The smallest absolute Gasteiger partial charge is 0.234 e. The van der Waals surface area contributed by atoms with Crippen LogP contribution in [0.5, 0.6) is 0 Å². The third-order valence-corrected chi connectivity index (χ3v) is 4.73. The van der Waals surface area contributed by atoms with Crippen LogP contribution in [0.15, 0.2) is 0 Å². The summed E-state index contributed by atoms with van der Waals surface area (Å²) in [6, 6.07) is 0.518. The maximum atomic E-state index is 11.8. The molecule has 0 atom stereocenters. The van der Waals surface area contributed by atoms with Crippen LogP contribution in [-0.4, -0.2) is 35.7 Å². The van der Waals surface area contributed by atoms with Crippen LogP contribution >= 0.6 is 0 Å². The first kappa shape index (κ1) is 14.8. The molecule has 110 valence electrons. The van der Waals surface area contributed by atoms with Gasteiger partial charge in [-0.05, 0) is 44.4 Å². The van der Waals surface area contributed by atoms with Crippen LogP contribution in [0.4, 0.5) is 0 Å². The molecule has 0 saturated heterocycles. The normalized spacial score (nSPS) is 32.4. The van der Waals surface area contributed by atoms with Crippen LogP contribution in [0, 0.1) is 5.92 Å². The van der Waals surface area contributed by atoms with Crippen molar-refractivity contribution in [3.8, 4) is 0 Å². The first-order chi connectivity index (χ1) is 9.07. The van der Waals surface area contributed by atoms with Gasteiger partial charge in [-0.15, -0.1) is 0 Å². The summed E-state index contributed by atoms with van der Waals surface area (Å²) in [6.07, 6.45) is 8.67. The van der Waals surface area contributed by atoms with Crippen LogP contribution < -0.4 is 10.6 Å². The van der Waals surface area contributed by atoms with Crippen LogP contribution in [-0.2, 0) is 4.79 Å². The largest absolute Gasteiger partial charge is 0.388 e. The summed E-state index contributed by atoms with van der Waals surface area (Å²) in [7, 11) is 0. The lowest BCUT2D eigenvalue weighted by Gasteiger charge is -2.35. The number of carbonyl (C=O) groups excluding carboxylic acids is 1. The zero-order valence-electron chi connectivity index (χ0n) is 12.1. The van der Waals surface area contributed by atoms with Crippen molar-refractivity contribution < 1.29 is 9.90 Å². The Kier molecular flexibility index (Phi) is 5.22. The second-order valence-corrected chi connectivity index (χ2v) is 6.55. The minimum Gasteiger partial charge on any atom is -0.388 e. The average Bonchev–Trinajstić information content (AvgIpc) is 2.91. The van der Waals surface area contributed by atoms with E-state index in [1.165, 1.54) is 25.7 Å². The molecule has 4 nitrogen and oxygen atoms in total. The number of amides is 1. The average molecular weight is 268 g/mol. The fraction of sp³-hybridized carbons (Fsp3) is 0.933. The molecule has 2 aliphatic rings. The number of hydrogen-bond acceptors (Lipinski definition) is 3. The van der Waals surface area contributed by atoms with Crippen LogP contribution in [0.2, 0.25) is 0 Å². The molecular formula is C15H28N2O2. The molecule has 0 aromatic carbocycles. The number of hydrogen-bond donors (Lipinski definition) is 3. The standard InChI is InChI=1S/C15H28N2O2/c1-12-6-8-15(19,9-7-12)11-17-14(18)10-16-13-4-2-3-5-13/h12-13,16,19H,2-11H2,1H3,(H,17,18). The summed E-state index contributed by atoms with van der Waals surface area (Å²) in [6.45, 7) is 3.02. The molecule has 4 heteroatoms. The van der Waals surface area contributed by atoms with E-state index in [0.29, 0.717) is 25.0 Å². The molecule has 0 bridgehead atoms. The second kappa shape index (κ2) is 6.71. The summed E-state index contributed by atoms with van der Waals surface area (Å²) in [4.78, 5) is 11.8. The quantitative estimate of drug-likeness (QED) is 0.709. The summed E-state index contributed by atoms with van der Waals surface area (Å²) in [5.74, 6) is 0.721. The zero-order chi connectivity index (χ0) is 13.7. The highest BCUT2D eigenvalue weighted by molar-refractivity contribution is 5.78. The zero-order valence-corrected chi connectivity index (χ0v) is 12.1. The summed E-state index contributed by atoms with van der Waals surface area (Å²) in [5.41, 5.74) is -0.671. The van der Waals surface area contributed by atoms with Gasteiger partial charge < -0.3 is 15.7 Å². The van der Waals surface area contributed by atoms with Gasteiger partial charge in [0.2, 0.25) is 5.91 Å². The molecule has 2 aliphatic carbocycles. The van der Waals surface area contributed by atoms with Gasteiger partial charge in [0.25, 0.3) is 0 Å². The molecule has 2 rings (SSSR count). The molecule has 0 radical (unpaired) electrons. The highest BCUT2D eigenvalue weighted by Gasteiger charge is 2.31. The van der Waals surface area contributed by atoms with Gasteiger partial charge in [-0.2, -0.15) is 0 Å². The lowest BCUT2D eigenvalue weighted by atomic mass is 9.79. The lowest BCUT2D eigenvalue weighted by Crippen LogP contribution is -2.47. The van der Waals surface area contributed by atoms with E-state index in [9.17, 15) is 9.90 Å². The first-order valence-corrected chi connectivity index (χ1v) is 7.80. The van der Waals surface area contributed by atoms with E-state index in [1.54, 1.807) is 0 Å². The fourth-order valence-electron chi connectivity index (χ4n) is 3.17. The third kappa shape index (κ3) is 4.77. The van der Waals surface area contributed by atoms with Crippen LogP contribution in [0.25, 0.3) is 0 Å². The molecule has 0 aromatic heterocycles. The van der Waals surface area contributed by atoms with E-state index in [0.717, 1.165) is 25.7 Å². The van der Waals surface area contributed by atoms with E-state index in [-0.39, 0.29) is 5.91 Å². The maximum absolute atomic E-state index is 11.8. The van der Waals surface area contributed by atoms with Gasteiger partial charge in [0.05, 0.1) is 12.1 Å². The second-order valence-electron chi connectivity index (χ2n) is 6.55. The number of rotatable bonds is 5. The minimum atomic E-state index is -0.671. The van der Waals surface area contributed by atoms with Crippen molar-refractivity contribution in [2.75, 3.05) is 13.1 Å². The maximum Gasteiger partial charge on any atom is 0.234 e. The summed E-state index contributed by atoms with van der Waals surface area (Å²) in [5, 5.41) is 16.6. The Hall–Kier alpha value is -0.610. The Labute approximate surface area is 116 Å². The first-order valence-electron chi connectivity index (χ1n) is 7.80. The lowest BCUT2D eigenvalue weighted by molar-refractivity contribution is -0.122. The predicted molar refractivity (Wildman–Crippen MR) is 75.9 cm³/mol. The Bertz CT molecular complexity index is 293. The molecule has 19 heavy (non-hydrogen) atoms. The van der Waals surface area contributed by atoms with Crippen LogP contribution in [0.3, 0.4) is 0 Å². The van der Waals surface area contributed by atoms with Gasteiger partial charge in [-0.3, -0.25) is 4.79 Å². The summed E-state index contributed by atoms with van der Waals surface area (Å²) >= 11 is 0. The van der Waals surface area contributed by atoms with E-state index in [1.807, 2.05) is 0 Å². The molecule has 2 fully saturated rings. The van der Waals surface area contributed by atoms with Crippen LogP contribution in [0.1, 0.15) is 58.3 Å². The molecule has 3 N–H and O–H groups in total. The molecule has 0 heterocycles. The van der Waals surface area contributed by atoms with Gasteiger partial charge in [-0.1, -0.05) is 19.8 Å². The molecule has 0 spiro atoms. The molecular weight excluding hydrogens is 240 g/mol. The third-order valence-electron chi connectivity index (χ3n) is 4.73. The number of nitrogens with one attached hydrogen (secondary N) is 2. The van der Waals surface area contributed by atoms with E-state index in [2.05, 4.69) is 17.6 Å². The van der Waals surface area contributed by atoms with E-state index in [4.69, 9.17) is 0 Å². The monoisotopic (exact) mass is 268 g/mol. The Morgan fingerprint density at radius 3 is 2.47 bits per heavy atom. The van der Waals surface area contributed by atoms with Gasteiger partial charge in [0.1, 0.15) is 0 Å². The highest BCUT2D eigenvalue weighted by atomic mass is 16.3. The van der Waals surface area contributed by atoms with Crippen molar-refractivity contribution in [2.24, 2.45) is 5.92 Å². The SMILES string of the molecule is CC1CCC(O)(CNC(=O)CNC2CCCC2)CC1.